The summed E-state index contributed by atoms with van der Waals surface area (Å²) in [5.41, 5.74) is 0.807. The number of benzene rings is 2. The van der Waals surface area contributed by atoms with Gasteiger partial charge in [0.1, 0.15) is 5.58 Å². The molecule has 0 amide bonds. The molecule has 9 nitrogen and oxygen atoms in total. The monoisotopic (exact) mass is 374 g/mol. The van der Waals surface area contributed by atoms with Gasteiger partial charge in [-0.15, -0.1) is 15.3 Å². The lowest BCUT2D eigenvalue weighted by atomic mass is 10.2. The molecule has 0 saturated carbocycles. The van der Waals surface area contributed by atoms with Gasteiger partial charge in [0.25, 0.3) is 0 Å². The van der Waals surface area contributed by atoms with Crippen LogP contribution in [-0.4, -0.2) is 15.3 Å². The van der Waals surface area contributed by atoms with E-state index < -0.39 is 5.63 Å². The summed E-state index contributed by atoms with van der Waals surface area (Å²) in [6.45, 7) is 1.76. The van der Waals surface area contributed by atoms with Gasteiger partial charge in [0.15, 0.2) is 11.4 Å². The summed E-state index contributed by atoms with van der Waals surface area (Å²) < 4.78 is 5.16. The van der Waals surface area contributed by atoms with Crippen molar-refractivity contribution in [3.05, 3.63) is 70.7 Å². The minimum absolute atomic E-state index is 0.129. The number of aromatic nitrogens is 2. The first kappa shape index (κ1) is 17.3. The van der Waals surface area contributed by atoms with Crippen molar-refractivity contribution in [1.82, 2.24) is 10.2 Å². The number of aromatic hydroxyl groups is 1. The smallest absolute Gasteiger partial charge is 0.368 e. The predicted octanol–water partition coefficient (Wildman–Crippen LogP) is 5.36. The first-order valence-electron chi connectivity index (χ1n) is 8.32. The van der Waals surface area contributed by atoms with Crippen LogP contribution < -0.4 is 5.63 Å². The number of hydrogen-bond acceptors (Lipinski definition) is 8. The molecule has 0 spiro atoms. The van der Waals surface area contributed by atoms with E-state index in [1.54, 1.807) is 43.3 Å². The van der Waals surface area contributed by atoms with Gasteiger partial charge in [-0.1, -0.05) is 30.3 Å². The number of aromatic amines is 1. The molecule has 2 aromatic heterocycles. The van der Waals surface area contributed by atoms with Crippen LogP contribution in [0.25, 0.3) is 11.0 Å². The molecule has 0 aliphatic rings. The second kappa shape index (κ2) is 7.23. The normalized spacial score (nSPS) is 11.8. The molecule has 28 heavy (non-hydrogen) atoms. The number of para-hydroxylation sites is 1. The molecule has 0 atom stereocenters. The molecule has 0 saturated heterocycles. The van der Waals surface area contributed by atoms with E-state index in [-0.39, 0.29) is 22.8 Å². The maximum atomic E-state index is 12.1. The molecule has 9 heteroatoms. The number of aryl methyl sites for hydroxylation is 1. The third kappa shape index (κ3) is 3.28. The second-order valence-electron chi connectivity index (χ2n) is 5.84. The summed E-state index contributed by atoms with van der Waals surface area (Å²) in [6, 6.07) is 15.8. The Labute approximate surface area is 158 Å². The zero-order valence-corrected chi connectivity index (χ0v) is 14.7. The van der Waals surface area contributed by atoms with Gasteiger partial charge in [-0.2, -0.15) is 10.2 Å². The van der Waals surface area contributed by atoms with Crippen LogP contribution in [-0.2, 0) is 0 Å². The van der Waals surface area contributed by atoms with E-state index in [2.05, 4.69) is 30.7 Å². The van der Waals surface area contributed by atoms with Crippen molar-refractivity contribution < 1.29 is 9.52 Å². The average molecular weight is 374 g/mol. The Balaban J connectivity index is 1.71. The first-order chi connectivity index (χ1) is 13.6. The molecule has 2 aromatic carbocycles. The Hall–Kier alpha value is -4.14. The van der Waals surface area contributed by atoms with Crippen LogP contribution in [0.4, 0.5) is 22.9 Å². The van der Waals surface area contributed by atoms with Gasteiger partial charge in [0, 0.05) is 0 Å². The Kier molecular flexibility index (Phi) is 4.47. The van der Waals surface area contributed by atoms with E-state index in [0.717, 1.165) is 0 Å². The number of azo groups is 2. The number of nitrogens with one attached hydrogen (secondary N) is 1. The third-order valence-corrected chi connectivity index (χ3v) is 3.93. The first-order valence-corrected chi connectivity index (χ1v) is 8.32. The van der Waals surface area contributed by atoms with Crippen molar-refractivity contribution >= 4 is 33.8 Å². The van der Waals surface area contributed by atoms with Gasteiger partial charge < -0.3 is 9.52 Å². The van der Waals surface area contributed by atoms with Crippen molar-refractivity contribution in [2.45, 2.75) is 6.92 Å². The SMILES string of the molecule is Cc1[nH]nc(N=Nc2c(O)c3ccccc3oc2=O)c1N=Nc1ccccc1. The fraction of sp³-hybridized carbons (Fsp3) is 0.0526. The molecule has 0 fully saturated rings. The summed E-state index contributed by atoms with van der Waals surface area (Å²) >= 11 is 0. The summed E-state index contributed by atoms with van der Waals surface area (Å²) in [7, 11) is 0. The summed E-state index contributed by atoms with van der Waals surface area (Å²) in [6.07, 6.45) is 0. The highest BCUT2D eigenvalue weighted by Crippen LogP contribution is 2.35. The van der Waals surface area contributed by atoms with Gasteiger partial charge in [0.2, 0.25) is 11.5 Å². The van der Waals surface area contributed by atoms with E-state index in [1.165, 1.54) is 0 Å². The number of H-pyrrole nitrogens is 1. The summed E-state index contributed by atoms with van der Waals surface area (Å²) in [5, 5.41) is 33.5. The number of hydrogen-bond donors (Lipinski definition) is 2. The highest BCUT2D eigenvalue weighted by molar-refractivity contribution is 5.87. The summed E-state index contributed by atoms with van der Waals surface area (Å²) in [5.74, 6) is -0.181. The molecule has 0 aliphatic heterocycles. The van der Waals surface area contributed by atoms with Crippen LogP contribution >= 0.6 is 0 Å². The number of rotatable bonds is 4. The highest BCUT2D eigenvalue weighted by Gasteiger charge is 2.15. The maximum absolute atomic E-state index is 12.1. The third-order valence-electron chi connectivity index (χ3n) is 3.93. The molecule has 0 aliphatic carbocycles. The molecular formula is C19H14N6O3. The predicted molar refractivity (Wildman–Crippen MR) is 102 cm³/mol. The standard InChI is InChI=1S/C19H14N6O3/c1-11-15(22-21-12-7-3-2-4-8-12)18(24-20-11)25-23-16-17(26)13-9-5-6-10-14(13)28-19(16)27/h2-10,26H,1H3,(H,20,24). The summed E-state index contributed by atoms with van der Waals surface area (Å²) in [4.78, 5) is 12.1. The van der Waals surface area contributed by atoms with Crippen molar-refractivity contribution in [3.63, 3.8) is 0 Å². The fourth-order valence-electron chi connectivity index (χ4n) is 2.51. The van der Waals surface area contributed by atoms with E-state index >= 15 is 0 Å². The molecule has 2 heterocycles. The molecule has 0 radical (unpaired) electrons. The fourth-order valence-corrected chi connectivity index (χ4v) is 2.51. The molecule has 4 aromatic rings. The minimum Gasteiger partial charge on any atom is -0.505 e. The van der Waals surface area contributed by atoms with Crippen molar-refractivity contribution in [2.24, 2.45) is 20.5 Å². The molecule has 4 rings (SSSR count). The molecule has 0 unspecified atom stereocenters. The molecule has 2 N–H and O–H groups in total. The van der Waals surface area contributed by atoms with Gasteiger partial charge in [-0.05, 0) is 31.2 Å². The van der Waals surface area contributed by atoms with Crippen LogP contribution in [0.15, 0.2) is 84.3 Å². The second-order valence-corrected chi connectivity index (χ2v) is 5.84. The topological polar surface area (TPSA) is 129 Å². The molecule has 138 valence electrons. The van der Waals surface area contributed by atoms with Crippen LogP contribution in [0, 0.1) is 6.92 Å². The Morgan fingerprint density at radius 1 is 0.929 bits per heavy atom. The van der Waals surface area contributed by atoms with Crippen LogP contribution in [0.3, 0.4) is 0 Å². The highest BCUT2D eigenvalue weighted by atomic mass is 16.4. The lowest BCUT2D eigenvalue weighted by molar-refractivity contribution is 0.469. The quantitative estimate of drug-likeness (QED) is 0.368. The van der Waals surface area contributed by atoms with Crippen molar-refractivity contribution in [2.75, 3.05) is 0 Å². The van der Waals surface area contributed by atoms with Crippen LogP contribution in [0.1, 0.15) is 5.69 Å². The van der Waals surface area contributed by atoms with E-state index in [1.807, 2.05) is 18.2 Å². The van der Waals surface area contributed by atoms with E-state index in [9.17, 15) is 9.90 Å². The zero-order valence-electron chi connectivity index (χ0n) is 14.7. The lowest BCUT2D eigenvalue weighted by Gasteiger charge is -2.01. The zero-order chi connectivity index (χ0) is 19.5. The van der Waals surface area contributed by atoms with E-state index in [4.69, 9.17) is 4.42 Å². The molecule has 0 bridgehead atoms. The maximum Gasteiger partial charge on any atom is 0.368 e. The van der Waals surface area contributed by atoms with Gasteiger partial charge in [0.05, 0.1) is 16.8 Å². The Morgan fingerprint density at radius 3 is 2.46 bits per heavy atom. The van der Waals surface area contributed by atoms with Gasteiger partial charge in [-0.25, -0.2) is 4.79 Å². The minimum atomic E-state index is -0.806. The largest absolute Gasteiger partial charge is 0.505 e. The Morgan fingerprint density at radius 2 is 1.64 bits per heavy atom. The lowest BCUT2D eigenvalue weighted by Crippen LogP contribution is -1.98. The van der Waals surface area contributed by atoms with Crippen LogP contribution in [0.5, 0.6) is 5.75 Å². The number of nitrogens with zero attached hydrogens (tertiary/aromatic N) is 5. The number of fused-ring (bicyclic) bond motifs is 1. The Bertz CT molecular complexity index is 1260. The molecular weight excluding hydrogens is 360 g/mol. The van der Waals surface area contributed by atoms with E-state index in [0.29, 0.717) is 22.5 Å². The van der Waals surface area contributed by atoms with Crippen molar-refractivity contribution in [3.8, 4) is 5.75 Å². The van der Waals surface area contributed by atoms with Gasteiger partial charge in [-0.3, -0.25) is 5.10 Å². The van der Waals surface area contributed by atoms with Gasteiger partial charge >= 0.3 is 5.63 Å². The van der Waals surface area contributed by atoms with Crippen LogP contribution in [0.2, 0.25) is 0 Å². The van der Waals surface area contributed by atoms with Crippen molar-refractivity contribution in [1.29, 1.82) is 0 Å². The average Bonchev–Trinajstić information content (AvgIpc) is 3.06.